The molecule has 0 amide bonds. The third kappa shape index (κ3) is 4.36. The van der Waals surface area contributed by atoms with Crippen LogP contribution in [0.4, 0.5) is 0 Å². The summed E-state index contributed by atoms with van der Waals surface area (Å²) < 4.78 is 11.8. The molecule has 22 heavy (non-hydrogen) atoms. The Bertz CT molecular complexity index is 534. The monoisotopic (exact) mass is 438 g/mol. The molecule has 6 nitrogen and oxygen atoms in total. The van der Waals surface area contributed by atoms with E-state index in [0.29, 0.717) is 31.6 Å². The molecule has 0 heterocycles. The molecule has 2 N–H and O–H groups in total. The van der Waals surface area contributed by atoms with E-state index in [9.17, 15) is 9.59 Å². The van der Waals surface area contributed by atoms with Gasteiger partial charge >= 0.3 is 11.9 Å². The lowest BCUT2D eigenvalue weighted by atomic mass is 9.98. The smallest absolute Gasteiger partial charge is 0.303 e. The van der Waals surface area contributed by atoms with Crippen LogP contribution in [0.15, 0.2) is 8.95 Å². The van der Waals surface area contributed by atoms with Crippen LogP contribution < -0.4 is 9.47 Å². The Morgan fingerprint density at radius 2 is 1.18 bits per heavy atom. The van der Waals surface area contributed by atoms with Crippen LogP contribution in [0.25, 0.3) is 0 Å². The summed E-state index contributed by atoms with van der Waals surface area (Å²) in [5.74, 6) is -0.980. The number of carboxylic acids is 2. The van der Waals surface area contributed by atoms with E-state index in [4.69, 9.17) is 19.7 Å². The highest BCUT2D eigenvalue weighted by atomic mass is 79.9. The first kappa shape index (κ1) is 18.8. The average molecular weight is 440 g/mol. The Kier molecular flexibility index (Phi) is 7.15. The summed E-state index contributed by atoms with van der Waals surface area (Å²) in [5, 5.41) is 17.8. The SMILES string of the molecule is COc1c(Br)c(CCC(=O)O)c(CCC(=O)O)c(Br)c1OC. The number of ether oxygens (including phenoxy) is 2. The lowest BCUT2D eigenvalue weighted by Gasteiger charge is -2.20. The van der Waals surface area contributed by atoms with Crippen LogP contribution in [0.5, 0.6) is 11.5 Å². The first-order chi connectivity index (χ1) is 10.3. The second kappa shape index (κ2) is 8.38. The van der Waals surface area contributed by atoms with Crippen LogP contribution in [-0.2, 0) is 22.4 Å². The minimum Gasteiger partial charge on any atom is -0.492 e. The fraction of sp³-hybridized carbons (Fsp3) is 0.429. The zero-order valence-electron chi connectivity index (χ0n) is 12.1. The molecule has 1 rings (SSSR count). The van der Waals surface area contributed by atoms with Crippen molar-refractivity contribution in [2.24, 2.45) is 0 Å². The number of benzene rings is 1. The van der Waals surface area contributed by atoms with Crippen molar-refractivity contribution in [2.45, 2.75) is 25.7 Å². The van der Waals surface area contributed by atoms with Gasteiger partial charge in [0.1, 0.15) is 0 Å². The summed E-state index contributed by atoms with van der Waals surface area (Å²) in [6.45, 7) is 0. The molecule has 0 aromatic heterocycles. The van der Waals surface area contributed by atoms with Crippen molar-refractivity contribution in [3.63, 3.8) is 0 Å². The standard InChI is InChI=1S/C14H16Br2O6/c1-21-13-11(15)7(3-5-9(17)18)8(4-6-10(19)20)12(16)14(13)22-2/h3-6H2,1-2H3,(H,17,18)(H,19,20). The molecule has 0 bridgehead atoms. The summed E-state index contributed by atoms with van der Waals surface area (Å²) in [4.78, 5) is 21.7. The maximum Gasteiger partial charge on any atom is 0.303 e. The van der Waals surface area contributed by atoms with Crippen molar-refractivity contribution in [3.05, 3.63) is 20.1 Å². The van der Waals surface area contributed by atoms with Gasteiger partial charge < -0.3 is 19.7 Å². The highest BCUT2D eigenvalue weighted by molar-refractivity contribution is 9.11. The van der Waals surface area contributed by atoms with Crippen molar-refractivity contribution in [1.82, 2.24) is 0 Å². The lowest BCUT2D eigenvalue weighted by molar-refractivity contribution is -0.138. The maximum atomic E-state index is 10.8. The molecule has 0 aliphatic heterocycles. The largest absolute Gasteiger partial charge is 0.492 e. The number of hydrogen-bond acceptors (Lipinski definition) is 4. The summed E-state index contributed by atoms with van der Waals surface area (Å²) in [5.41, 5.74) is 1.40. The quantitative estimate of drug-likeness (QED) is 0.645. The zero-order chi connectivity index (χ0) is 16.9. The molecule has 1 aromatic rings. The third-order valence-electron chi connectivity index (χ3n) is 3.09. The van der Waals surface area contributed by atoms with E-state index in [1.807, 2.05) is 0 Å². The predicted octanol–water partition coefficient (Wildman–Crippen LogP) is 3.26. The number of carboxylic acid groups (broad SMARTS) is 2. The molecular formula is C14H16Br2O6. The number of hydrogen-bond donors (Lipinski definition) is 2. The molecule has 8 heteroatoms. The zero-order valence-corrected chi connectivity index (χ0v) is 15.3. The number of carbonyl (C=O) groups is 2. The predicted molar refractivity (Wildman–Crippen MR) is 86.9 cm³/mol. The molecule has 0 atom stereocenters. The van der Waals surface area contributed by atoms with Gasteiger partial charge in [0, 0.05) is 12.8 Å². The van der Waals surface area contributed by atoms with Gasteiger partial charge in [0.05, 0.1) is 23.2 Å². The Labute approximate surface area is 144 Å². The number of aliphatic carboxylic acids is 2. The molecule has 1 aromatic carbocycles. The van der Waals surface area contributed by atoms with Crippen LogP contribution in [0, 0.1) is 0 Å². The van der Waals surface area contributed by atoms with Crippen molar-refractivity contribution in [2.75, 3.05) is 14.2 Å². The van der Waals surface area contributed by atoms with Gasteiger partial charge in [0.2, 0.25) is 0 Å². The summed E-state index contributed by atoms with van der Waals surface area (Å²) in [6, 6.07) is 0. The van der Waals surface area contributed by atoms with Crippen molar-refractivity contribution < 1.29 is 29.3 Å². The van der Waals surface area contributed by atoms with Gasteiger partial charge in [-0.2, -0.15) is 0 Å². The van der Waals surface area contributed by atoms with E-state index < -0.39 is 11.9 Å². The number of rotatable bonds is 8. The Balaban J connectivity index is 3.43. The van der Waals surface area contributed by atoms with Crippen LogP contribution in [0.3, 0.4) is 0 Å². The molecular weight excluding hydrogens is 424 g/mol. The lowest BCUT2D eigenvalue weighted by Crippen LogP contribution is -2.07. The van der Waals surface area contributed by atoms with Crippen LogP contribution in [-0.4, -0.2) is 36.4 Å². The highest BCUT2D eigenvalue weighted by Gasteiger charge is 2.23. The molecule has 0 spiro atoms. The second-order valence-corrected chi connectivity index (χ2v) is 6.03. The molecule has 122 valence electrons. The minimum atomic E-state index is -0.929. The van der Waals surface area contributed by atoms with E-state index in [-0.39, 0.29) is 25.7 Å². The summed E-state index contributed by atoms with van der Waals surface area (Å²) >= 11 is 6.82. The summed E-state index contributed by atoms with van der Waals surface area (Å²) in [7, 11) is 2.96. The van der Waals surface area contributed by atoms with Crippen molar-refractivity contribution in [1.29, 1.82) is 0 Å². The fourth-order valence-corrected chi connectivity index (χ4v) is 3.65. The van der Waals surface area contributed by atoms with Crippen molar-refractivity contribution in [3.8, 4) is 11.5 Å². The Morgan fingerprint density at radius 3 is 1.41 bits per heavy atom. The van der Waals surface area contributed by atoms with Gasteiger partial charge in [0.25, 0.3) is 0 Å². The first-order valence-corrected chi connectivity index (χ1v) is 7.96. The van der Waals surface area contributed by atoms with Gasteiger partial charge in [-0.25, -0.2) is 0 Å². The van der Waals surface area contributed by atoms with E-state index in [1.54, 1.807) is 0 Å². The topological polar surface area (TPSA) is 93.1 Å². The molecule has 0 aliphatic rings. The van der Waals surface area contributed by atoms with Gasteiger partial charge in [-0.1, -0.05) is 0 Å². The van der Waals surface area contributed by atoms with E-state index in [2.05, 4.69) is 31.9 Å². The van der Waals surface area contributed by atoms with E-state index in [1.165, 1.54) is 14.2 Å². The minimum absolute atomic E-state index is 0.0689. The summed E-state index contributed by atoms with van der Waals surface area (Å²) in [6.07, 6.45) is 0.370. The average Bonchev–Trinajstić information content (AvgIpc) is 2.45. The second-order valence-electron chi connectivity index (χ2n) is 4.44. The molecule has 0 saturated heterocycles. The number of halogens is 2. The van der Waals surface area contributed by atoms with Gasteiger partial charge in [-0.05, 0) is 55.8 Å². The van der Waals surface area contributed by atoms with Crippen LogP contribution in [0.1, 0.15) is 24.0 Å². The third-order valence-corrected chi connectivity index (χ3v) is 4.76. The first-order valence-electron chi connectivity index (χ1n) is 6.37. The molecule has 0 unspecified atom stereocenters. The maximum absolute atomic E-state index is 10.8. The van der Waals surface area contributed by atoms with Gasteiger partial charge in [-0.15, -0.1) is 0 Å². The Hall–Kier alpha value is -1.28. The fourth-order valence-electron chi connectivity index (χ4n) is 2.09. The molecule has 0 aliphatic carbocycles. The molecule has 0 saturated carbocycles. The van der Waals surface area contributed by atoms with E-state index in [0.717, 1.165) is 0 Å². The number of methoxy groups -OCH3 is 2. The normalized spacial score (nSPS) is 10.4. The molecule has 0 fully saturated rings. The van der Waals surface area contributed by atoms with Crippen LogP contribution >= 0.6 is 31.9 Å². The van der Waals surface area contributed by atoms with E-state index >= 15 is 0 Å². The van der Waals surface area contributed by atoms with Gasteiger partial charge in [0.15, 0.2) is 11.5 Å². The van der Waals surface area contributed by atoms with Crippen LogP contribution in [0.2, 0.25) is 0 Å². The van der Waals surface area contributed by atoms with Crippen molar-refractivity contribution >= 4 is 43.8 Å². The Morgan fingerprint density at radius 1 is 0.864 bits per heavy atom. The van der Waals surface area contributed by atoms with Gasteiger partial charge in [-0.3, -0.25) is 9.59 Å². The highest BCUT2D eigenvalue weighted by Crippen LogP contribution is 2.46. The molecule has 0 radical (unpaired) electrons.